The number of hydrogen-bond acceptors (Lipinski definition) is 8. The van der Waals surface area contributed by atoms with Crippen molar-refractivity contribution in [2.45, 2.75) is 167 Å². The summed E-state index contributed by atoms with van der Waals surface area (Å²) in [6, 6.07) is -1.47. The van der Waals surface area contributed by atoms with Crippen LogP contribution in [0.15, 0.2) is 0 Å². The van der Waals surface area contributed by atoms with Crippen LogP contribution in [0.4, 0.5) is 0 Å². The van der Waals surface area contributed by atoms with Crippen LogP contribution < -0.4 is 10.6 Å². The van der Waals surface area contributed by atoms with Crippen LogP contribution >= 0.6 is 23.5 Å². The SMILES string of the molecule is CCCCCCCCCCCC(=O)N[C@@H](CCSC)C(=O)O.CCCCCCCCCCCC(=O)N[C@@H](CCSC)C(=O)O.O=S.[NaH]. The number of amides is 2. The van der Waals surface area contributed by atoms with E-state index in [0.717, 1.165) is 37.2 Å². The quantitative estimate of drug-likeness (QED) is 0.0432. The van der Waals surface area contributed by atoms with E-state index in [1.165, 1.54) is 89.9 Å². The minimum atomic E-state index is -0.936. The summed E-state index contributed by atoms with van der Waals surface area (Å²) in [5, 5.41) is 23.4. The zero-order valence-electron chi connectivity index (χ0n) is 29.3. The van der Waals surface area contributed by atoms with Gasteiger partial charge in [-0.3, -0.25) is 9.59 Å². The molecule has 4 N–H and O–H groups in total. The van der Waals surface area contributed by atoms with Gasteiger partial charge in [0.1, 0.15) is 12.1 Å². The number of aliphatic carboxylic acids is 2. The van der Waals surface area contributed by atoms with Crippen LogP contribution in [0.5, 0.6) is 0 Å². The van der Waals surface area contributed by atoms with Crippen LogP contribution in [-0.2, 0) is 31.7 Å². The Labute approximate surface area is 322 Å². The van der Waals surface area contributed by atoms with Crippen molar-refractivity contribution in [3.63, 3.8) is 0 Å². The first-order valence-electron chi connectivity index (χ1n) is 17.4. The van der Waals surface area contributed by atoms with E-state index in [4.69, 9.17) is 14.4 Å². The van der Waals surface area contributed by atoms with Crippen LogP contribution in [0.1, 0.15) is 155 Å². The molecule has 0 aromatic carbocycles. The molecular weight excluding hydrogens is 668 g/mol. The number of rotatable bonds is 30. The Kier molecular flexibility index (Phi) is 49.6. The molecule has 0 aromatic rings. The van der Waals surface area contributed by atoms with Crippen LogP contribution in [-0.4, -0.2) is 104 Å². The van der Waals surface area contributed by atoms with E-state index in [0.29, 0.717) is 25.7 Å². The van der Waals surface area contributed by atoms with Crippen molar-refractivity contribution in [3.8, 4) is 0 Å². The fourth-order valence-electron chi connectivity index (χ4n) is 4.71. The first-order valence-corrected chi connectivity index (χ1v) is 20.5. The number of unbranched alkanes of at least 4 members (excludes halogenated alkanes) is 16. The first-order chi connectivity index (χ1) is 22.2. The Hall–Kier alpha value is -0.400. The Balaban J connectivity index is -0.000000366. The van der Waals surface area contributed by atoms with E-state index < -0.39 is 24.0 Å². The van der Waals surface area contributed by atoms with E-state index in [2.05, 4.69) is 37.0 Å². The van der Waals surface area contributed by atoms with Gasteiger partial charge in [-0.15, -0.1) is 0 Å². The molecule has 2 atom stereocenters. The second-order valence-electron chi connectivity index (χ2n) is 11.6. The van der Waals surface area contributed by atoms with Crippen molar-refractivity contribution < 1.29 is 33.6 Å². The molecule has 0 aliphatic carbocycles. The van der Waals surface area contributed by atoms with E-state index >= 15 is 0 Å². The van der Waals surface area contributed by atoms with E-state index in [1.807, 2.05) is 12.5 Å². The second-order valence-corrected chi connectivity index (χ2v) is 13.6. The molecule has 274 valence electrons. The summed E-state index contributed by atoms with van der Waals surface area (Å²) >= 11 is 6.02. The Morgan fingerprint density at radius 3 is 1.02 bits per heavy atom. The van der Waals surface area contributed by atoms with Gasteiger partial charge < -0.3 is 20.8 Å². The van der Waals surface area contributed by atoms with Gasteiger partial charge in [-0.05, 0) is 49.7 Å². The molecule has 0 aliphatic rings. The molecular formula is C34H67N2NaO7S3. The van der Waals surface area contributed by atoms with Crippen molar-refractivity contribution >= 4 is 89.4 Å². The number of nitrogens with one attached hydrogen (secondary N) is 2. The zero-order chi connectivity index (χ0) is 35.3. The molecule has 0 rings (SSSR count). The number of carboxylic acid groups (broad SMARTS) is 2. The van der Waals surface area contributed by atoms with Crippen LogP contribution in [0.3, 0.4) is 0 Å². The van der Waals surface area contributed by atoms with Gasteiger partial charge in [0.05, 0.1) is 0 Å². The number of hydrogen-bond donors (Lipinski definition) is 4. The fourth-order valence-corrected chi connectivity index (χ4v) is 5.65. The van der Waals surface area contributed by atoms with Gasteiger partial charge in [0.15, 0.2) is 12.5 Å². The van der Waals surface area contributed by atoms with Crippen molar-refractivity contribution in [2.24, 2.45) is 0 Å². The maximum absolute atomic E-state index is 11.7. The zero-order valence-corrected chi connectivity index (χ0v) is 31.7. The van der Waals surface area contributed by atoms with Crippen molar-refractivity contribution in [2.75, 3.05) is 24.0 Å². The molecule has 0 aliphatic heterocycles. The molecule has 0 bridgehead atoms. The number of carboxylic acids is 2. The molecule has 0 aromatic heterocycles. The molecule has 47 heavy (non-hydrogen) atoms. The Morgan fingerprint density at radius 2 is 0.787 bits per heavy atom. The van der Waals surface area contributed by atoms with Crippen molar-refractivity contribution in [1.82, 2.24) is 10.6 Å². The van der Waals surface area contributed by atoms with Gasteiger partial charge in [0.25, 0.3) is 0 Å². The summed E-state index contributed by atoms with van der Waals surface area (Å²) in [6.07, 6.45) is 27.5. The standard InChI is InChI=1S/2C17H33NO3S.Na.OS.H/c2*1-3-4-5-6-7-8-9-10-11-12-16(19)18-15(17(20)21)13-14-22-2;;1-2;/h2*15H,3-14H2,1-2H3,(H,18,19)(H,20,21);;;/t2*15-;;;/m00.../s1. The van der Waals surface area contributed by atoms with E-state index in [-0.39, 0.29) is 41.4 Å². The molecule has 0 saturated heterocycles. The van der Waals surface area contributed by atoms with Crippen LogP contribution in [0.2, 0.25) is 0 Å². The molecule has 0 heterocycles. The predicted molar refractivity (Wildman–Crippen MR) is 204 cm³/mol. The third-order valence-electron chi connectivity index (χ3n) is 7.50. The van der Waals surface area contributed by atoms with Crippen molar-refractivity contribution in [3.05, 3.63) is 0 Å². The normalized spacial score (nSPS) is 11.4. The van der Waals surface area contributed by atoms with Gasteiger partial charge in [-0.2, -0.15) is 27.7 Å². The maximum atomic E-state index is 11.7. The van der Waals surface area contributed by atoms with Gasteiger partial charge in [-0.1, -0.05) is 117 Å². The number of carbonyl (C=O) groups is 4. The molecule has 13 heteroatoms. The molecule has 0 unspecified atom stereocenters. The summed E-state index contributed by atoms with van der Waals surface area (Å²) in [4.78, 5) is 45.6. The monoisotopic (exact) mass is 734 g/mol. The average molecular weight is 735 g/mol. The molecule has 0 fully saturated rings. The topological polar surface area (TPSA) is 150 Å². The van der Waals surface area contributed by atoms with E-state index in [9.17, 15) is 19.2 Å². The molecule has 0 saturated carbocycles. The molecule has 0 radical (unpaired) electrons. The Bertz CT molecular complexity index is 682. The summed E-state index contributed by atoms with van der Waals surface area (Å²) in [7, 11) is 0. The minimum absolute atomic E-state index is 0. The number of thioether (sulfide) groups is 2. The predicted octanol–water partition coefficient (Wildman–Crippen LogP) is 7.47. The van der Waals surface area contributed by atoms with Crippen molar-refractivity contribution in [1.29, 1.82) is 0 Å². The van der Waals surface area contributed by atoms with Gasteiger partial charge >= 0.3 is 41.5 Å². The summed E-state index contributed by atoms with van der Waals surface area (Å²) in [5.74, 6) is -0.637. The third-order valence-corrected chi connectivity index (χ3v) is 8.79. The molecule has 2 amide bonds. The van der Waals surface area contributed by atoms with Crippen LogP contribution in [0.25, 0.3) is 0 Å². The van der Waals surface area contributed by atoms with Crippen LogP contribution in [0, 0.1) is 0 Å². The Morgan fingerprint density at radius 1 is 0.532 bits per heavy atom. The number of carbonyl (C=O) groups excluding carboxylic acids is 2. The average Bonchev–Trinajstić information content (AvgIpc) is 3.04. The fraction of sp³-hybridized carbons (Fsp3) is 0.882. The third kappa shape index (κ3) is 41.7. The second kappa shape index (κ2) is 43.6. The van der Waals surface area contributed by atoms with E-state index in [1.54, 1.807) is 23.5 Å². The summed E-state index contributed by atoms with van der Waals surface area (Å²) in [6.45, 7) is 4.45. The summed E-state index contributed by atoms with van der Waals surface area (Å²) < 4.78 is 7.83. The molecule has 0 spiro atoms. The molecule has 9 nitrogen and oxygen atoms in total. The van der Waals surface area contributed by atoms with Gasteiger partial charge in [0, 0.05) is 12.8 Å². The first kappa shape index (κ1) is 53.4. The summed E-state index contributed by atoms with van der Waals surface area (Å²) in [5.41, 5.74) is 0. The van der Waals surface area contributed by atoms with Gasteiger partial charge in [0.2, 0.25) is 11.8 Å². The van der Waals surface area contributed by atoms with Gasteiger partial charge in [-0.25, -0.2) is 9.59 Å².